The Balaban J connectivity index is 1.47. The van der Waals surface area contributed by atoms with E-state index >= 15 is 0 Å². The summed E-state index contributed by atoms with van der Waals surface area (Å²) in [6.07, 6.45) is 27.0. The predicted molar refractivity (Wildman–Crippen MR) is 269 cm³/mol. The molecule has 12 heteroatoms. The zero-order valence-electron chi connectivity index (χ0n) is 43.7. The van der Waals surface area contributed by atoms with Crippen molar-refractivity contribution in [2.75, 3.05) is 55.4 Å². The third-order valence-corrected chi connectivity index (χ3v) is 13.7. The van der Waals surface area contributed by atoms with Crippen LogP contribution in [0.4, 0.5) is 17.8 Å². The number of hydroxylamine groups is 4. The Kier molecular flexibility index (Phi) is 25.7. The molecule has 3 heterocycles. The van der Waals surface area contributed by atoms with Gasteiger partial charge < -0.3 is 25.8 Å². The molecule has 1 aromatic rings. The highest BCUT2D eigenvalue weighted by atomic mass is 16.7. The second-order valence-corrected chi connectivity index (χ2v) is 22.3. The lowest BCUT2D eigenvalue weighted by Crippen LogP contribution is -2.60. The molecule has 0 saturated carbocycles. The highest BCUT2D eigenvalue weighted by Gasteiger charge is 2.47. The molecular weight excluding hydrogens is 801 g/mol. The summed E-state index contributed by atoms with van der Waals surface area (Å²) in [4.78, 5) is 27.3. The summed E-state index contributed by atoms with van der Waals surface area (Å²) in [5.41, 5.74) is 0.0544. The molecule has 64 heavy (non-hydrogen) atoms. The Morgan fingerprint density at radius 3 is 1.20 bits per heavy atom. The van der Waals surface area contributed by atoms with Crippen LogP contribution < -0.4 is 16.0 Å². The molecule has 3 rings (SSSR count). The maximum absolute atomic E-state index is 9.78. The first-order valence-electron chi connectivity index (χ1n) is 26.5. The lowest BCUT2D eigenvalue weighted by Gasteiger charge is -2.54. The highest BCUT2D eigenvalue weighted by Crippen LogP contribution is 2.44. The van der Waals surface area contributed by atoms with Gasteiger partial charge in [0.05, 0.1) is 25.4 Å². The van der Waals surface area contributed by atoms with Gasteiger partial charge in [-0.1, -0.05) is 104 Å². The zero-order chi connectivity index (χ0) is 47.1. The van der Waals surface area contributed by atoms with Gasteiger partial charge in [-0.05, 0) is 139 Å². The fourth-order valence-corrected chi connectivity index (χ4v) is 10.9. The second kappa shape index (κ2) is 29.1. The first kappa shape index (κ1) is 56.5. The second-order valence-electron chi connectivity index (χ2n) is 22.3. The minimum Gasteiger partial charge on any atom is -0.391 e. The Morgan fingerprint density at radius 1 is 0.500 bits per heavy atom. The fraction of sp³-hybridized carbons (Fsp3) is 0.942. The lowest BCUT2D eigenvalue weighted by molar-refractivity contribution is -0.288. The standard InChI is InChI=1S/C52H102N8O4/c1-13-15-17-19-21-27-36-63-59-49(5,6)38-44(39-50(59,7)8)30-23-25-32-53-46-56-47(58-48(57-46)55-34-29-35-62-43(4)42(3)61)54-33-26-24-31-45-40-51(9,10)60(52(11,12)41-45)64-37-28-22-20-18-16-14-2/h42-45,61H,13-41H2,1-12H3,(H3,53,54,55,56,57,58). The summed E-state index contributed by atoms with van der Waals surface area (Å²) in [5, 5.41) is 24.9. The molecule has 12 nitrogen and oxygen atoms in total. The number of aliphatic hydroxyl groups is 1. The van der Waals surface area contributed by atoms with Gasteiger partial charge in [-0.25, -0.2) is 0 Å². The van der Waals surface area contributed by atoms with E-state index < -0.39 is 6.10 Å². The lowest BCUT2D eigenvalue weighted by atomic mass is 9.73. The number of nitrogens with one attached hydrogen (secondary N) is 3. The Labute approximate surface area is 393 Å². The minimum atomic E-state index is -0.490. The smallest absolute Gasteiger partial charge is 0.229 e. The van der Waals surface area contributed by atoms with Crippen molar-refractivity contribution in [1.82, 2.24) is 25.1 Å². The van der Waals surface area contributed by atoms with E-state index in [1.165, 1.54) is 77.0 Å². The van der Waals surface area contributed by atoms with E-state index in [4.69, 9.17) is 29.4 Å². The summed E-state index contributed by atoms with van der Waals surface area (Å²) in [5.74, 6) is 3.12. The Morgan fingerprint density at radius 2 is 0.844 bits per heavy atom. The predicted octanol–water partition coefficient (Wildman–Crippen LogP) is 12.7. The van der Waals surface area contributed by atoms with Crippen molar-refractivity contribution >= 4 is 17.8 Å². The molecule has 4 N–H and O–H groups in total. The van der Waals surface area contributed by atoms with Crippen molar-refractivity contribution < 1.29 is 19.5 Å². The van der Waals surface area contributed by atoms with E-state index in [-0.39, 0.29) is 28.3 Å². The van der Waals surface area contributed by atoms with Gasteiger partial charge in [0.15, 0.2) is 0 Å². The molecule has 1 aromatic heterocycles. The van der Waals surface area contributed by atoms with Crippen molar-refractivity contribution in [3.8, 4) is 0 Å². The number of hydrogen-bond acceptors (Lipinski definition) is 12. The average Bonchev–Trinajstić information content (AvgIpc) is 3.20. The zero-order valence-corrected chi connectivity index (χ0v) is 43.7. The van der Waals surface area contributed by atoms with Crippen LogP contribution in [0.25, 0.3) is 0 Å². The summed E-state index contributed by atoms with van der Waals surface area (Å²) in [7, 11) is 0. The van der Waals surface area contributed by atoms with Gasteiger partial charge in [0.25, 0.3) is 0 Å². The minimum absolute atomic E-state index is 0.0136. The molecule has 2 aliphatic heterocycles. The SMILES string of the molecule is CCCCCCCCON1C(C)(C)CC(CCCCNc2nc(NCCCCC3CC(C)(C)N(OCCCCCCCC)C(C)(C)C3)nc(NCCCOC(C)C(C)O)n2)CC1(C)C. The molecule has 2 saturated heterocycles. The van der Waals surface area contributed by atoms with E-state index in [0.717, 1.165) is 96.9 Å². The van der Waals surface area contributed by atoms with Crippen LogP contribution in [0.5, 0.6) is 0 Å². The molecule has 0 spiro atoms. The molecule has 0 radical (unpaired) electrons. The third-order valence-electron chi connectivity index (χ3n) is 13.7. The van der Waals surface area contributed by atoms with Crippen LogP contribution >= 0.6 is 0 Å². The average molecular weight is 903 g/mol. The van der Waals surface area contributed by atoms with Gasteiger partial charge in [0.1, 0.15) is 0 Å². The molecule has 0 aromatic carbocycles. The highest BCUT2D eigenvalue weighted by molar-refractivity contribution is 5.42. The Bertz CT molecular complexity index is 1250. The number of rotatable bonds is 35. The molecular formula is C52H102N8O4. The van der Waals surface area contributed by atoms with Crippen LogP contribution in [-0.4, -0.2) is 104 Å². The van der Waals surface area contributed by atoms with Crippen LogP contribution in [0, 0.1) is 11.8 Å². The number of unbranched alkanes of at least 4 members (excludes halogenated alkanes) is 12. The molecule has 2 unspecified atom stereocenters. The first-order chi connectivity index (χ1) is 30.4. The van der Waals surface area contributed by atoms with E-state index in [0.29, 0.717) is 42.8 Å². The number of aromatic nitrogens is 3. The van der Waals surface area contributed by atoms with Gasteiger partial charge in [-0.3, -0.25) is 9.68 Å². The van der Waals surface area contributed by atoms with E-state index in [1.54, 1.807) is 6.92 Å². The molecule has 0 aliphatic carbocycles. The monoisotopic (exact) mass is 903 g/mol. The van der Waals surface area contributed by atoms with Crippen molar-refractivity contribution in [2.24, 2.45) is 11.8 Å². The molecule has 0 amide bonds. The number of anilines is 3. The summed E-state index contributed by atoms with van der Waals surface area (Å²) in [6, 6.07) is 0. The van der Waals surface area contributed by atoms with Crippen molar-refractivity contribution in [2.45, 2.75) is 265 Å². The quantitative estimate of drug-likeness (QED) is 0.0484. The van der Waals surface area contributed by atoms with Crippen molar-refractivity contribution in [1.29, 1.82) is 0 Å². The maximum Gasteiger partial charge on any atom is 0.229 e. The van der Waals surface area contributed by atoms with Gasteiger partial charge >= 0.3 is 0 Å². The summed E-state index contributed by atoms with van der Waals surface area (Å²) < 4.78 is 5.77. The molecule has 2 atom stereocenters. The van der Waals surface area contributed by atoms with Gasteiger partial charge in [-0.15, -0.1) is 0 Å². The topological polar surface area (TPSA) is 129 Å². The van der Waals surface area contributed by atoms with Crippen molar-refractivity contribution in [3.63, 3.8) is 0 Å². The van der Waals surface area contributed by atoms with Crippen LogP contribution in [0.15, 0.2) is 0 Å². The summed E-state index contributed by atoms with van der Waals surface area (Å²) in [6.45, 7) is 31.6. The normalized spacial score (nSPS) is 20.0. The number of ether oxygens (including phenoxy) is 1. The number of aliphatic hydroxyl groups excluding tert-OH is 1. The van der Waals surface area contributed by atoms with Gasteiger partial charge in [-0.2, -0.15) is 25.1 Å². The van der Waals surface area contributed by atoms with Gasteiger partial charge in [0.2, 0.25) is 17.8 Å². The maximum atomic E-state index is 9.78. The Hall–Kier alpha value is -1.83. The van der Waals surface area contributed by atoms with Crippen LogP contribution in [0.2, 0.25) is 0 Å². The molecule has 374 valence electrons. The van der Waals surface area contributed by atoms with Crippen LogP contribution in [-0.2, 0) is 14.4 Å². The number of hydrogen-bond donors (Lipinski definition) is 4. The molecule has 2 aliphatic rings. The first-order valence-corrected chi connectivity index (χ1v) is 26.5. The summed E-state index contributed by atoms with van der Waals surface area (Å²) >= 11 is 0. The van der Waals surface area contributed by atoms with E-state index in [9.17, 15) is 5.11 Å². The fourth-order valence-electron chi connectivity index (χ4n) is 10.9. The van der Waals surface area contributed by atoms with E-state index in [2.05, 4.69) is 95.3 Å². The van der Waals surface area contributed by atoms with Gasteiger partial charge in [0, 0.05) is 48.4 Å². The van der Waals surface area contributed by atoms with E-state index in [1.807, 2.05) is 6.92 Å². The molecule has 0 bridgehead atoms. The van der Waals surface area contributed by atoms with Crippen LogP contribution in [0.3, 0.4) is 0 Å². The number of nitrogens with zero attached hydrogens (tertiary/aromatic N) is 5. The largest absolute Gasteiger partial charge is 0.391 e. The van der Waals surface area contributed by atoms with Crippen molar-refractivity contribution in [3.05, 3.63) is 0 Å². The van der Waals surface area contributed by atoms with Crippen LogP contribution in [0.1, 0.15) is 231 Å². The molecule has 2 fully saturated rings. The number of piperidine rings is 2. The third kappa shape index (κ3) is 21.0.